The van der Waals surface area contributed by atoms with E-state index in [1.807, 2.05) is 12.1 Å². The standard InChI is InChI=1S/C18H19NO3/c1-21-17-10-14(9-15(11-20)18(17)22-2)12-5-6-16-13(8-12)4-3-7-19-16/h5-6,8-11,19H,3-4,7H2,1-2H3. The SMILES string of the molecule is COc1cc(-c2ccc3c(c2)CCCN3)cc(C=O)c1OC. The molecule has 2 aromatic carbocycles. The van der Waals surface area contributed by atoms with Crippen LogP contribution in [-0.4, -0.2) is 27.1 Å². The largest absolute Gasteiger partial charge is 0.493 e. The summed E-state index contributed by atoms with van der Waals surface area (Å²) in [7, 11) is 3.11. The number of carbonyl (C=O) groups is 1. The molecule has 3 rings (SSSR count). The van der Waals surface area contributed by atoms with Gasteiger partial charge in [-0.05, 0) is 53.8 Å². The van der Waals surface area contributed by atoms with Crippen molar-refractivity contribution in [3.05, 3.63) is 41.5 Å². The van der Waals surface area contributed by atoms with Crippen LogP contribution in [0.5, 0.6) is 11.5 Å². The topological polar surface area (TPSA) is 47.6 Å². The zero-order valence-corrected chi connectivity index (χ0v) is 12.8. The Balaban J connectivity index is 2.09. The van der Waals surface area contributed by atoms with Gasteiger partial charge in [0.25, 0.3) is 0 Å². The molecule has 0 aliphatic carbocycles. The molecule has 1 heterocycles. The molecule has 1 aliphatic heterocycles. The Morgan fingerprint density at radius 2 is 1.95 bits per heavy atom. The van der Waals surface area contributed by atoms with Crippen LogP contribution in [0.25, 0.3) is 11.1 Å². The van der Waals surface area contributed by atoms with Gasteiger partial charge in [0.05, 0.1) is 19.8 Å². The molecule has 114 valence electrons. The molecule has 4 nitrogen and oxygen atoms in total. The first kappa shape index (κ1) is 14.4. The first-order valence-electron chi connectivity index (χ1n) is 7.35. The first-order valence-corrected chi connectivity index (χ1v) is 7.35. The van der Waals surface area contributed by atoms with E-state index in [-0.39, 0.29) is 0 Å². The third-order valence-corrected chi connectivity index (χ3v) is 4.01. The molecule has 22 heavy (non-hydrogen) atoms. The summed E-state index contributed by atoms with van der Waals surface area (Å²) in [5, 5.41) is 3.40. The maximum atomic E-state index is 11.3. The fourth-order valence-corrected chi connectivity index (χ4v) is 2.90. The molecule has 0 bridgehead atoms. The van der Waals surface area contributed by atoms with Gasteiger partial charge in [0.15, 0.2) is 17.8 Å². The molecule has 4 heteroatoms. The van der Waals surface area contributed by atoms with Crippen LogP contribution >= 0.6 is 0 Å². The molecule has 0 aromatic heterocycles. The van der Waals surface area contributed by atoms with Crippen LogP contribution in [0.1, 0.15) is 22.3 Å². The summed E-state index contributed by atoms with van der Waals surface area (Å²) in [6, 6.07) is 10.1. The summed E-state index contributed by atoms with van der Waals surface area (Å²) in [6.45, 7) is 1.03. The summed E-state index contributed by atoms with van der Waals surface area (Å²) in [5.74, 6) is 1.04. The van der Waals surface area contributed by atoms with E-state index in [9.17, 15) is 4.79 Å². The molecule has 0 atom stereocenters. The minimum Gasteiger partial charge on any atom is -0.493 e. The van der Waals surface area contributed by atoms with Gasteiger partial charge in [-0.2, -0.15) is 0 Å². The first-order chi connectivity index (χ1) is 10.8. The molecule has 0 amide bonds. The molecule has 0 unspecified atom stereocenters. The van der Waals surface area contributed by atoms with E-state index in [1.54, 1.807) is 7.11 Å². The Kier molecular flexibility index (Phi) is 4.00. The predicted octanol–water partition coefficient (Wildman–Crippen LogP) is 3.54. The highest BCUT2D eigenvalue weighted by molar-refractivity contribution is 5.85. The zero-order valence-electron chi connectivity index (χ0n) is 12.8. The van der Waals surface area contributed by atoms with Gasteiger partial charge in [-0.1, -0.05) is 6.07 Å². The molecule has 0 radical (unpaired) electrons. The minimum absolute atomic E-state index is 0.473. The Morgan fingerprint density at radius 1 is 1.09 bits per heavy atom. The predicted molar refractivity (Wildman–Crippen MR) is 87.2 cm³/mol. The highest BCUT2D eigenvalue weighted by Gasteiger charge is 2.15. The van der Waals surface area contributed by atoms with Crippen LogP contribution < -0.4 is 14.8 Å². The summed E-state index contributed by atoms with van der Waals surface area (Å²) < 4.78 is 10.6. The summed E-state index contributed by atoms with van der Waals surface area (Å²) >= 11 is 0. The number of aryl methyl sites for hydroxylation is 1. The van der Waals surface area contributed by atoms with Crippen molar-refractivity contribution >= 4 is 12.0 Å². The van der Waals surface area contributed by atoms with Crippen molar-refractivity contribution in [2.24, 2.45) is 0 Å². The quantitative estimate of drug-likeness (QED) is 0.877. The molecule has 0 spiro atoms. The van der Waals surface area contributed by atoms with E-state index < -0.39 is 0 Å². The van der Waals surface area contributed by atoms with Crippen LogP contribution in [0.3, 0.4) is 0 Å². The maximum absolute atomic E-state index is 11.3. The van der Waals surface area contributed by atoms with E-state index in [0.717, 1.165) is 36.8 Å². The molecule has 0 saturated carbocycles. The second kappa shape index (κ2) is 6.10. The molecule has 0 fully saturated rings. The second-order valence-electron chi connectivity index (χ2n) is 5.32. The van der Waals surface area contributed by atoms with E-state index in [2.05, 4.69) is 23.5 Å². The average molecular weight is 297 g/mol. The van der Waals surface area contributed by atoms with Crippen molar-refractivity contribution in [3.63, 3.8) is 0 Å². The lowest BCUT2D eigenvalue weighted by Gasteiger charge is -2.19. The highest BCUT2D eigenvalue weighted by atomic mass is 16.5. The number of aldehydes is 1. The van der Waals surface area contributed by atoms with E-state index >= 15 is 0 Å². The number of benzene rings is 2. The minimum atomic E-state index is 0.473. The van der Waals surface area contributed by atoms with Crippen LogP contribution in [-0.2, 0) is 6.42 Å². The van der Waals surface area contributed by atoms with Gasteiger partial charge in [0.1, 0.15) is 0 Å². The Hall–Kier alpha value is -2.49. The fourth-order valence-electron chi connectivity index (χ4n) is 2.90. The van der Waals surface area contributed by atoms with E-state index in [1.165, 1.54) is 18.4 Å². The molecule has 1 aliphatic rings. The number of ether oxygens (including phenoxy) is 2. The van der Waals surface area contributed by atoms with Gasteiger partial charge in [-0.25, -0.2) is 0 Å². The average Bonchev–Trinajstić information content (AvgIpc) is 2.59. The van der Waals surface area contributed by atoms with Crippen LogP contribution in [0.2, 0.25) is 0 Å². The van der Waals surface area contributed by atoms with Crippen LogP contribution in [0, 0.1) is 0 Å². The number of hydrogen-bond acceptors (Lipinski definition) is 4. The number of anilines is 1. The molecule has 2 aromatic rings. The number of nitrogens with one attached hydrogen (secondary N) is 1. The van der Waals surface area contributed by atoms with Gasteiger partial charge < -0.3 is 14.8 Å². The van der Waals surface area contributed by atoms with Crippen molar-refractivity contribution in [1.29, 1.82) is 0 Å². The normalized spacial score (nSPS) is 13.0. The summed E-state index contributed by atoms with van der Waals surface area (Å²) in [4.78, 5) is 11.3. The molecule has 0 saturated heterocycles. The third-order valence-electron chi connectivity index (χ3n) is 4.01. The Labute approximate surface area is 130 Å². The smallest absolute Gasteiger partial charge is 0.171 e. The monoisotopic (exact) mass is 297 g/mol. The van der Waals surface area contributed by atoms with Crippen molar-refractivity contribution in [3.8, 4) is 22.6 Å². The van der Waals surface area contributed by atoms with Crippen LogP contribution in [0.4, 0.5) is 5.69 Å². The van der Waals surface area contributed by atoms with Crippen molar-refractivity contribution in [1.82, 2.24) is 0 Å². The number of hydrogen-bond donors (Lipinski definition) is 1. The lowest BCUT2D eigenvalue weighted by atomic mass is 9.96. The fraction of sp³-hybridized carbons (Fsp3) is 0.278. The lowest BCUT2D eigenvalue weighted by Crippen LogP contribution is -2.11. The van der Waals surface area contributed by atoms with Gasteiger partial charge in [0.2, 0.25) is 0 Å². The number of carbonyl (C=O) groups excluding carboxylic acids is 1. The van der Waals surface area contributed by atoms with Crippen LogP contribution in [0.15, 0.2) is 30.3 Å². The lowest BCUT2D eigenvalue weighted by molar-refractivity contribution is 0.112. The van der Waals surface area contributed by atoms with Crippen molar-refractivity contribution in [2.45, 2.75) is 12.8 Å². The van der Waals surface area contributed by atoms with E-state index in [4.69, 9.17) is 9.47 Å². The van der Waals surface area contributed by atoms with Crippen molar-refractivity contribution < 1.29 is 14.3 Å². The van der Waals surface area contributed by atoms with E-state index in [0.29, 0.717) is 17.1 Å². The van der Waals surface area contributed by atoms with Gasteiger partial charge in [-0.3, -0.25) is 4.79 Å². The Bertz CT molecular complexity index is 710. The summed E-state index contributed by atoms with van der Waals surface area (Å²) in [6.07, 6.45) is 3.01. The molecular formula is C18H19NO3. The number of fused-ring (bicyclic) bond motifs is 1. The zero-order chi connectivity index (χ0) is 15.5. The highest BCUT2D eigenvalue weighted by Crippen LogP contribution is 2.37. The molecular weight excluding hydrogens is 278 g/mol. The number of methoxy groups -OCH3 is 2. The van der Waals surface area contributed by atoms with Gasteiger partial charge in [-0.15, -0.1) is 0 Å². The van der Waals surface area contributed by atoms with Gasteiger partial charge >= 0.3 is 0 Å². The maximum Gasteiger partial charge on any atom is 0.171 e. The molecule has 1 N–H and O–H groups in total. The van der Waals surface area contributed by atoms with Crippen molar-refractivity contribution in [2.75, 3.05) is 26.1 Å². The van der Waals surface area contributed by atoms with Gasteiger partial charge in [0, 0.05) is 12.2 Å². The summed E-state index contributed by atoms with van der Waals surface area (Å²) in [5.41, 5.74) is 5.03. The Morgan fingerprint density at radius 3 is 2.68 bits per heavy atom. The number of rotatable bonds is 4. The second-order valence-corrected chi connectivity index (χ2v) is 5.32. The third kappa shape index (κ3) is 2.52.